The summed E-state index contributed by atoms with van der Waals surface area (Å²) in [5, 5.41) is 8.20. The van der Waals surface area contributed by atoms with E-state index in [0.717, 1.165) is 18.7 Å². The second kappa shape index (κ2) is 3.94. The third-order valence-corrected chi connectivity index (χ3v) is 1.96. The average molecular weight is 174 g/mol. The van der Waals surface area contributed by atoms with Crippen molar-refractivity contribution in [2.75, 3.05) is 6.54 Å². The van der Waals surface area contributed by atoms with Gasteiger partial charge in [-0.15, -0.1) is 4.68 Å². The monoisotopic (exact) mass is 174 g/mol. The molecule has 0 N–H and O–H groups in total. The summed E-state index contributed by atoms with van der Waals surface area (Å²) in [7, 11) is 0. The van der Waals surface area contributed by atoms with Crippen LogP contribution in [0.4, 0.5) is 5.69 Å². The second-order valence-corrected chi connectivity index (χ2v) is 3.01. The summed E-state index contributed by atoms with van der Waals surface area (Å²) in [5.41, 5.74) is 0.905. The molecule has 0 aromatic heterocycles. The quantitative estimate of drug-likeness (QED) is 0.487. The Morgan fingerprint density at radius 1 is 1.15 bits per heavy atom. The molecule has 3 heteroatoms. The van der Waals surface area contributed by atoms with E-state index in [0.29, 0.717) is 0 Å². The van der Waals surface area contributed by atoms with E-state index in [2.05, 4.69) is 16.6 Å². The molecule has 2 rings (SSSR count). The highest BCUT2D eigenvalue weighted by molar-refractivity contribution is 5.52. The van der Waals surface area contributed by atoms with Crippen LogP contribution in [0.1, 0.15) is 12.8 Å². The number of benzene rings is 1. The van der Waals surface area contributed by atoms with E-state index in [1.165, 1.54) is 6.42 Å². The average Bonchev–Trinajstić information content (AvgIpc) is 2.69. The Kier molecular flexibility index (Phi) is 2.45. The highest BCUT2D eigenvalue weighted by Gasteiger charge is 2.06. The van der Waals surface area contributed by atoms with Gasteiger partial charge in [-0.1, -0.05) is 18.2 Å². The van der Waals surface area contributed by atoms with Crippen molar-refractivity contribution in [1.29, 1.82) is 0 Å². The number of hydrogen-bond donors (Lipinski definition) is 0. The maximum atomic E-state index is 4.11. The molecule has 1 heterocycles. The van der Waals surface area contributed by atoms with Crippen LogP contribution in [-0.4, -0.2) is 17.4 Å². The van der Waals surface area contributed by atoms with Crippen LogP contribution in [-0.2, 0) is 0 Å². The van der Waals surface area contributed by atoms with Gasteiger partial charge in [0.05, 0.1) is 11.3 Å². The summed E-state index contributed by atoms with van der Waals surface area (Å²) >= 11 is 0. The van der Waals surface area contributed by atoms with Crippen LogP contribution in [0.2, 0.25) is 0 Å². The van der Waals surface area contributed by atoms with E-state index in [4.69, 9.17) is 0 Å². The molecule has 0 aliphatic carbocycles. The SMILES string of the molecule is C1=[N+](N=Nc2ccccc2)CCC1. The smallest absolute Gasteiger partial charge is 0.142 e. The van der Waals surface area contributed by atoms with Crippen molar-refractivity contribution in [3.8, 4) is 0 Å². The molecule has 0 unspecified atom stereocenters. The fourth-order valence-corrected chi connectivity index (χ4v) is 1.27. The predicted molar refractivity (Wildman–Crippen MR) is 51.4 cm³/mol. The third-order valence-electron chi connectivity index (χ3n) is 1.96. The first-order valence-corrected chi connectivity index (χ1v) is 4.52. The number of hydrogen-bond acceptors (Lipinski definition) is 2. The maximum absolute atomic E-state index is 4.11. The van der Waals surface area contributed by atoms with Gasteiger partial charge in [0.1, 0.15) is 11.8 Å². The molecule has 0 amide bonds. The first kappa shape index (κ1) is 8.10. The molecule has 0 saturated heterocycles. The molecule has 66 valence electrons. The molecule has 1 aliphatic heterocycles. The van der Waals surface area contributed by atoms with Crippen molar-refractivity contribution < 1.29 is 4.68 Å². The van der Waals surface area contributed by atoms with E-state index in [1.807, 2.05) is 35.0 Å². The molecule has 0 saturated carbocycles. The third kappa shape index (κ3) is 2.21. The van der Waals surface area contributed by atoms with Crippen molar-refractivity contribution in [2.24, 2.45) is 10.3 Å². The normalized spacial score (nSPS) is 16.5. The fourth-order valence-electron chi connectivity index (χ4n) is 1.27. The van der Waals surface area contributed by atoms with Gasteiger partial charge in [-0.2, -0.15) is 0 Å². The molecule has 1 aromatic rings. The van der Waals surface area contributed by atoms with Gasteiger partial charge >= 0.3 is 0 Å². The van der Waals surface area contributed by atoms with Crippen molar-refractivity contribution in [1.82, 2.24) is 0 Å². The minimum Gasteiger partial charge on any atom is -0.142 e. The molecule has 0 spiro atoms. The largest absolute Gasteiger partial charge is 0.203 e. The second-order valence-electron chi connectivity index (χ2n) is 3.01. The fraction of sp³-hybridized carbons (Fsp3) is 0.300. The number of rotatable bonds is 2. The number of nitrogens with zero attached hydrogens (tertiary/aromatic N) is 3. The van der Waals surface area contributed by atoms with Gasteiger partial charge in [-0.3, -0.25) is 0 Å². The summed E-state index contributed by atoms with van der Waals surface area (Å²) in [4.78, 5) is 0. The highest BCUT2D eigenvalue weighted by Crippen LogP contribution is 2.10. The first-order chi connectivity index (χ1) is 6.45. The van der Waals surface area contributed by atoms with Crippen LogP contribution in [0.5, 0.6) is 0 Å². The molecule has 1 aliphatic rings. The Bertz CT molecular complexity index is 327. The zero-order valence-electron chi connectivity index (χ0n) is 7.43. The summed E-state index contributed by atoms with van der Waals surface area (Å²) in [5.74, 6) is 0. The van der Waals surface area contributed by atoms with Crippen LogP contribution in [0.3, 0.4) is 0 Å². The Morgan fingerprint density at radius 2 is 2.00 bits per heavy atom. The Hall–Kier alpha value is -1.51. The van der Waals surface area contributed by atoms with Gasteiger partial charge in [0.15, 0.2) is 0 Å². The van der Waals surface area contributed by atoms with Gasteiger partial charge < -0.3 is 0 Å². The lowest BCUT2D eigenvalue weighted by Gasteiger charge is -1.84. The zero-order valence-corrected chi connectivity index (χ0v) is 7.43. The lowest BCUT2D eigenvalue weighted by molar-refractivity contribution is -0.529. The van der Waals surface area contributed by atoms with Gasteiger partial charge in [0.2, 0.25) is 5.69 Å². The van der Waals surface area contributed by atoms with Crippen molar-refractivity contribution in [2.45, 2.75) is 12.8 Å². The van der Waals surface area contributed by atoms with Gasteiger partial charge in [-0.05, 0) is 18.6 Å². The van der Waals surface area contributed by atoms with Gasteiger partial charge in [0, 0.05) is 6.42 Å². The van der Waals surface area contributed by atoms with Crippen LogP contribution < -0.4 is 0 Å². The zero-order chi connectivity index (χ0) is 8.93. The first-order valence-electron chi connectivity index (χ1n) is 4.52. The van der Waals surface area contributed by atoms with Gasteiger partial charge in [0.25, 0.3) is 0 Å². The minimum atomic E-state index is 0.905. The Labute approximate surface area is 77.4 Å². The van der Waals surface area contributed by atoms with Crippen LogP contribution >= 0.6 is 0 Å². The lowest BCUT2D eigenvalue weighted by Crippen LogP contribution is -1.96. The molecular formula is C10H12N3+. The highest BCUT2D eigenvalue weighted by atomic mass is 15.5. The Balaban J connectivity index is 2.05. The van der Waals surface area contributed by atoms with Crippen LogP contribution in [0.15, 0.2) is 40.7 Å². The van der Waals surface area contributed by atoms with Gasteiger partial charge in [-0.25, -0.2) is 0 Å². The van der Waals surface area contributed by atoms with E-state index >= 15 is 0 Å². The Morgan fingerprint density at radius 3 is 2.69 bits per heavy atom. The van der Waals surface area contributed by atoms with Crippen molar-refractivity contribution in [3.05, 3.63) is 30.3 Å². The molecule has 0 radical (unpaired) electrons. The van der Waals surface area contributed by atoms with E-state index in [9.17, 15) is 0 Å². The maximum Gasteiger partial charge on any atom is 0.203 e. The summed E-state index contributed by atoms with van der Waals surface area (Å²) in [6.45, 7) is 0.996. The van der Waals surface area contributed by atoms with Crippen LogP contribution in [0, 0.1) is 0 Å². The van der Waals surface area contributed by atoms with Crippen LogP contribution in [0.25, 0.3) is 0 Å². The molecule has 0 bridgehead atoms. The van der Waals surface area contributed by atoms with E-state index < -0.39 is 0 Å². The van der Waals surface area contributed by atoms with Crippen molar-refractivity contribution >= 4 is 11.9 Å². The molecule has 13 heavy (non-hydrogen) atoms. The molecular weight excluding hydrogens is 162 g/mol. The topological polar surface area (TPSA) is 27.7 Å². The standard InChI is InChI=1S/C10H12N3/c1-2-6-10(7-3-1)11-12-13-8-4-5-9-13/h1-3,6-8H,4-5,9H2/q+1. The van der Waals surface area contributed by atoms with E-state index in [-0.39, 0.29) is 0 Å². The molecule has 3 nitrogen and oxygen atoms in total. The lowest BCUT2D eigenvalue weighted by atomic mass is 10.3. The summed E-state index contributed by atoms with van der Waals surface area (Å²) < 4.78 is 1.90. The van der Waals surface area contributed by atoms with E-state index in [1.54, 1.807) is 0 Å². The molecule has 0 atom stereocenters. The molecule has 0 fully saturated rings. The van der Waals surface area contributed by atoms with Crippen molar-refractivity contribution in [3.63, 3.8) is 0 Å². The predicted octanol–water partition coefficient (Wildman–Crippen LogP) is 2.56. The molecule has 1 aromatic carbocycles. The minimum absolute atomic E-state index is 0.905. The summed E-state index contributed by atoms with van der Waals surface area (Å²) in [6, 6.07) is 9.78. The summed E-state index contributed by atoms with van der Waals surface area (Å²) in [6.07, 6.45) is 4.38.